The first-order valence-corrected chi connectivity index (χ1v) is 8.85. The topological polar surface area (TPSA) is 44.4 Å². The molecule has 4 nitrogen and oxygen atoms in total. The molecule has 2 rings (SSSR count). The van der Waals surface area contributed by atoms with Gasteiger partial charge in [-0.05, 0) is 63.4 Å². The fourth-order valence-corrected chi connectivity index (χ4v) is 3.13. The van der Waals surface area contributed by atoms with Crippen molar-refractivity contribution in [3.63, 3.8) is 0 Å². The van der Waals surface area contributed by atoms with E-state index in [9.17, 15) is 4.79 Å². The molecule has 0 radical (unpaired) electrons. The molecule has 0 saturated heterocycles. The molecule has 4 heteroatoms. The van der Waals surface area contributed by atoms with Gasteiger partial charge in [0.05, 0.1) is 0 Å². The minimum absolute atomic E-state index is 0.157. The smallest absolute Gasteiger partial charge is 0.319 e. The first-order chi connectivity index (χ1) is 11.9. The van der Waals surface area contributed by atoms with Gasteiger partial charge >= 0.3 is 6.03 Å². The summed E-state index contributed by atoms with van der Waals surface area (Å²) in [5.74, 6) is 0. The molecule has 0 aliphatic carbocycles. The Morgan fingerprint density at radius 3 is 2.28 bits per heavy atom. The van der Waals surface area contributed by atoms with Crippen LogP contribution in [0.2, 0.25) is 0 Å². The van der Waals surface area contributed by atoms with E-state index in [1.165, 1.54) is 16.8 Å². The van der Waals surface area contributed by atoms with E-state index >= 15 is 0 Å². The number of carbonyl (C=O) groups excluding carboxylic acids is 1. The third-order valence-electron chi connectivity index (χ3n) is 4.33. The first-order valence-electron chi connectivity index (χ1n) is 8.85. The van der Waals surface area contributed by atoms with Crippen LogP contribution in [0.4, 0.5) is 16.2 Å². The van der Waals surface area contributed by atoms with E-state index in [1.807, 2.05) is 13.8 Å². The van der Waals surface area contributed by atoms with Gasteiger partial charge in [0.25, 0.3) is 0 Å². The average molecular weight is 339 g/mol. The molecule has 134 valence electrons. The normalized spacial score (nSPS) is 10.4. The molecule has 2 amide bonds. The Bertz CT molecular complexity index is 717. The van der Waals surface area contributed by atoms with Crippen LogP contribution < -0.4 is 15.5 Å². The van der Waals surface area contributed by atoms with Gasteiger partial charge < -0.3 is 15.5 Å². The number of hydrogen-bond donors (Lipinski definition) is 2. The van der Waals surface area contributed by atoms with Crippen molar-refractivity contribution in [1.82, 2.24) is 5.32 Å². The summed E-state index contributed by atoms with van der Waals surface area (Å²) in [6.07, 6.45) is 0. The van der Waals surface area contributed by atoms with Crippen molar-refractivity contribution in [1.29, 1.82) is 0 Å². The van der Waals surface area contributed by atoms with E-state index in [0.29, 0.717) is 6.54 Å². The van der Waals surface area contributed by atoms with E-state index in [4.69, 9.17) is 0 Å². The second-order valence-electron chi connectivity index (χ2n) is 6.57. The molecule has 0 bridgehead atoms. The highest BCUT2D eigenvalue weighted by molar-refractivity contribution is 5.91. The molecule has 0 heterocycles. The Hall–Kier alpha value is -2.49. The van der Waals surface area contributed by atoms with Gasteiger partial charge in [-0.15, -0.1) is 0 Å². The summed E-state index contributed by atoms with van der Waals surface area (Å²) in [5, 5.41) is 5.94. The summed E-state index contributed by atoms with van der Waals surface area (Å²) >= 11 is 0. The number of aryl methyl sites for hydroxylation is 4. The van der Waals surface area contributed by atoms with Crippen LogP contribution in [0.3, 0.4) is 0 Å². The van der Waals surface area contributed by atoms with Gasteiger partial charge in [-0.3, -0.25) is 0 Å². The summed E-state index contributed by atoms with van der Waals surface area (Å²) in [7, 11) is 0. The number of anilines is 2. The molecule has 0 aliphatic rings. The Morgan fingerprint density at radius 1 is 1.00 bits per heavy atom. The highest BCUT2D eigenvalue weighted by atomic mass is 16.2. The van der Waals surface area contributed by atoms with Crippen LogP contribution in [-0.2, 0) is 0 Å². The molecule has 0 saturated carbocycles. The summed E-state index contributed by atoms with van der Waals surface area (Å²) in [5.41, 5.74) is 6.71. The van der Waals surface area contributed by atoms with Crippen LogP contribution in [0.1, 0.15) is 29.2 Å². The average Bonchev–Trinajstić information content (AvgIpc) is 2.55. The molecule has 0 aromatic heterocycles. The first kappa shape index (κ1) is 18.8. The number of benzene rings is 2. The molecule has 0 atom stereocenters. The van der Waals surface area contributed by atoms with Crippen LogP contribution in [0.15, 0.2) is 36.4 Å². The van der Waals surface area contributed by atoms with Crippen LogP contribution >= 0.6 is 0 Å². The molecule has 2 N–H and O–H groups in total. The Labute approximate surface area is 151 Å². The predicted molar refractivity (Wildman–Crippen MR) is 107 cm³/mol. The summed E-state index contributed by atoms with van der Waals surface area (Å²) in [4.78, 5) is 14.5. The lowest BCUT2D eigenvalue weighted by Crippen LogP contribution is -2.37. The number of urea groups is 1. The van der Waals surface area contributed by atoms with Gasteiger partial charge in [-0.2, -0.15) is 0 Å². The maximum atomic E-state index is 12.2. The lowest BCUT2D eigenvalue weighted by Gasteiger charge is -2.23. The number of nitrogens with zero attached hydrogens (tertiary/aromatic N) is 1. The van der Waals surface area contributed by atoms with E-state index in [2.05, 4.69) is 72.7 Å². The highest BCUT2D eigenvalue weighted by Crippen LogP contribution is 2.21. The zero-order valence-corrected chi connectivity index (χ0v) is 15.9. The zero-order chi connectivity index (χ0) is 18.4. The van der Waals surface area contributed by atoms with Gasteiger partial charge in [0.1, 0.15) is 0 Å². The van der Waals surface area contributed by atoms with Gasteiger partial charge in [0.15, 0.2) is 0 Å². The number of nitrogens with one attached hydrogen (secondary N) is 2. The van der Waals surface area contributed by atoms with Crippen LogP contribution in [-0.4, -0.2) is 25.7 Å². The molecule has 0 unspecified atom stereocenters. The van der Waals surface area contributed by atoms with Gasteiger partial charge in [-0.25, -0.2) is 4.79 Å². The van der Waals surface area contributed by atoms with Gasteiger partial charge in [0, 0.05) is 31.0 Å². The zero-order valence-electron chi connectivity index (χ0n) is 15.9. The second-order valence-corrected chi connectivity index (χ2v) is 6.57. The maximum absolute atomic E-state index is 12.2. The van der Waals surface area contributed by atoms with Crippen molar-refractivity contribution in [2.75, 3.05) is 29.9 Å². The fourth-order valence-electron chi connectivity index (χ4n) is 3.13. The van der Waals surface area contributed by atoms with E-state index in [1.54, 1.807) is 0 Å². The van der Waals surface area contributed by atoms with Gasteiger partial charge in [-0.1, -0.05) is 29.8 Å². The van der Waals surface area contributed by atoms with Crippen LogP contribution in [0.25, 0.3) is 0 Å². The summed E-state index contributed by atoms with van der Waals surface area (Å²) in [6, 6.07) is 12.4. The SMILES string of the molecule is CCN(CCNC(=O)Nc1c(C)cc(C)cc1C)c1cccc(C)c1. The van der Waals surface area contributed by atoms with E-state index < -0.39 is 0 Å². The quantitative estimate of drug-likeness (QED) is 0.810. The molecule has 2 aromatic carbocycles. The highest BCUT2D eigenvalue weighted by Gasteiger charge is 2.09. The minimum Gasteiger partial charge on any atom is -0.370 e. The van der Waals surface area contributed by atoms with Crippen molar-refractivity contribution in [2.24, 2.45) is 0 Å². The van der Waals surface area contributed by atoms with Crippen molar-refractivity contribution >= 4 is 17.4 Å². The standard InChI is InChI=1S/C21H29N3O/c1-6-24(19-9-7-8-15(2)14-19)11-10-22-21(25)23-20-17(4)12-16(3)13-18(20)5/h7-9,12-14H,6,10-11H2,1-5H3,(H2,22,23,25). The Morgan fingerprint density at radius 2 is 1.68 bits per heavy atom. The number of amides is 2. The largest absolute Gasteiger partial charge is 0.370 e. The Balaban J connectivity index is 1.90. The van der Waals surface area contributed by atoms with Crippen molar-refractivity contribution < 1.29 is 4.79 Å². The van der Waals surface area contributed by atoms with Crippen molar-refractivity contribution in [3.05, 3.63) is 58.7 Å². The molecule has 25 heavy (non-hydrogen) atoms. The monoisotopic (exact) mass is 339 g/mol. The molecule has 0 aliphatic heterocycles. The molecule has 0 spiro atoms. The minimum atomic E-state index is -0.157. The van der Waals surface area contributed by atoms with Crippen molar-refractivity contribution in [2.45, 2.75) is 34.6 Å². The molecular formula is C21H29N3O. The van der Waals surface area contributed by atoms with E-state index in [0.717, 1.165) is 29.9 Å². The molecular weight excluding hydrogens is 310 g/mol. The third kappa shape index (κ3) is 5.24. The number of rotatable bonds is 6. The summed E-state index contributed by atoms with van der Waals surface area (Å²) < 4.78 is 0. The lowest BCUT2D eigenvalue weighted by atomic mass is 10.1. The third-order valence-corrected chi connectivity index (χ3v) is 4.33. The number of hydrogen-bond acceptors (Lipinski definition) is 2. The predicted octanol–water partition coefficient (Wildman–Crippen LogP) is 4.57. The lowest BCUT2D eigenvalue weighted by molar-refractivity contribution is 0.252. The molecule has 0 fully saturated rings. The summed E-state index contributed by atoms with van der Waals surface area (Å²) in [6.45, 7) is 12.6. The van der Waals surface area contributed by atoms with E-state index in [-0.39, 0.29) is 6.03 Å². The number of carbonyl (C=O) groups is 1. The van der Waals surface area contributed by atoms with Gasteiger partial charge in [0.2, 0.25) is 0 Å². The van der Waals surface area contributed by atoms with Crippen LogP contribution in [0.5, 0.6) is 0 Å². The second kappa shape index (κ2) is 8.56. The Kier molecular flexibility index (Phi) is 6.45. The van der Waals surface area contributed by atoms with Crippen LogP contribution in [0, 0.1) is 27.7 Å². The maximum Gasteiger partial charge on any atom is 0.319 e. The fraction of sp³-hybridized carbons (Fsp3) is 0.381. The molecule has 2 aromatic rings. The number of likely N-dealkylation sites (N-methyl/N-ethyl adjacent to an activating group) is 1. The van der Waals surface area contributed by atoms with Crippen molar-refractivity contribution in [3.8, 4) is 0 Å².